The van der Waals surface area contributed by atoms with Crippen LogP contribution >= 0.6 is 0 Å². The Morgan fingerprint density at radius 1 is 1.33 bits per heavy atom. The molecule has 1 fully saturated rings. The molecule has 18 heavy (non-hydrogen) atoms. The molecule has 0 bridgehead atoms. The van der Waals surface area contributed by atoms with Crippen LogP contribution in [0.15, 0.2) is 0 Å². The maximum absolute atomic E-state index is 11.8. The molecule has 2 N–H and O–H groups in total. The molecular formula is C14H28N2O2. The van der Waals surface area contributed by atoms with E-state index in [0.29, 0.717) is 6.54 Å². The first-order chi connectivity index (χ1) is 8.37. The van der Waals surface area contributed by atoms with Crippen molar-refractivity contribution in [1.82, 2.24) is 10.6 Å². The zero-order valence-electron chi connectivity index (χ0n) is 12.3. The number of carbonyl (C=O) groups is 1. The molecule has 0 spiro atoms. The largest absolute Gasteiger partial charge is 0.381 e. The predicted octanol–water partition coefficient (Wildman–Crippen LogP) is 1.70. The molecule has 1 heterocycles. The lowest BCUT2D eigenvalue weighted by molar-refractivity contribution is -0.121. The summed E-state index contributed by atoms with van der Waals surface area (Å²) in [5.74, 6) is 0.0810. The van der Waals surface area contributed by atoms with E-state index in [4.69, 9.17) is 4.74 Å². The van der Waals surface area contributed by atoms with Crippen LogP contribution in [0.3, 0.4) is 0 Å². The maximum Gasteiger partial charge on any atom is 0.234 e. The minimum Gasteiger partial charge on any atom is -0.381 e. The van der Waals surface area contributed by atoms with Crippen LogP contribution in [-0.2, 0) is 9.53 Å². The number of hydrogen-bond donors (Lipinski definition) is 2. The van der Waals surface area contributed by atoms with Gasteiger partial charge in [-0.2, -0.15) is 0 Å². The van der Waals surface area contributed by atoms with Gasteiger partial charge in [0.2, 0.25) is 5.91 Å². The minimum atomic E-state index is -0.110. The molecule has 0 aromatic rings. The summed E-state index contributed by atoms with van der Waals surface area (Å²) in [6, 6.07) is 0. The lowest BCUT2D eigenvalue weighted by Crippen LogP contribution is -2.48. The molecular weight excluding hydrogens is 228 g/mol. The molecule has 1 amide bonds. The molecule has 0 atom stereocenters. The molecule has 0 aromatic carbocycles. The Kier molecular flexibility index (Phi) is 5.60. The van der Waals surface area contributed by atoms with E-state index in [0.717, 1.165) is 39.0 Å². The summed E-state index contributed by atoms with van der Waals surface area (Å²) in [7, 11) is 0. The summed E-state index contributed by atoms with van der Waals surface area (Å²) in [6.45, 7) is 11.4. The molecule has 1 aliphatic rings. The topological polar surface area (TPSA) is 50.4 Å². The first kappa shape index (κ1) is 15.4. The summed E-state index contributed by atoms with van der Waals surface area (Å²) in [4.78, 5) is 11.8. The molecule has 0 unspecified atom stereocenters. The Morgan fingerprint density at radius 2 is 1.94 bits per heavy atom. The molecule has 0 aromatic heterocycles. The number of hydrogen-bond acceptors (Lipinski definition) is 3. The van der Waals surface area contributed by atoms with Gasteiger partial charge in [-0.3, -0.25) is 4.79 Å². The summed E-state index contributed by atoms with van der Waals surface area (Å²) in [5.41, 5.74) is 0.167. The van der Waals surface area contributed by atoms with Crippen molar-refractivity contribution in [2.24, 2.45) is 5.41 Å². The van der Waals surface area contributed by atoms with Gasteiger partial charge in [0.15, 0.2) is 0 Å². The van der Waals surface area contributed by atoms with E-state index in [2.05, 4.69) is 24.5 Å². The van der Waals surface area contributed by atoms with Gasteiger partial charge in [-0.15, -0.1) is 0 Å². The minimum absolute atomic E-state index is 0.0810. The summed E-state index contributed by atoms with van der Waals surface area (Å²) in [5, 5.41) is 6.30. The van der Waals surface area contributed by atoms with Gasteiger partial charge in [0.05, 0.1) is 6.54 Å². The Balaban J connectivity index is 2.22. The summed E-state index contributed by atoms with van der Waals surface area (Å²) >= 11 is 0. The Labute approximate surface area is 111 Å². The van der Waals surface area contributed by atoms with E-state index in [1.165, 1.54) is 0 Å². The van der Waals surface area contributed by atoms with Gasteiger partial charge in [0.1, 0.15) is 0 Å². The highest BCUT2D eigenvalue weighted by Gasteiger charge is 2.27. The number of ether oxygens (including phenoxy) is 1. The Bertz CT molecular complexity index is 271. The van der Waals surface area contributed by atoms with Gasteiger partial charge in [0, 0.05) is 25.3 Å². The van der Waals surface area contributed by atoms with Crippen molar-refractivity contribution in [2.75, 3.05) is 26.3 Å². The Morgan fingerprint density at radius 3 is 2.50 bits per heavy atom. The standard InChI is InChI=1S/C14H28N2O2/c1-5-13(2,3)16-12(17)10-15-11-14(4)6-8-18-9-7-14/h15H,5-11H2,1-4H3,(H,16,17). The van der Waals surface area contributed by atoms with E-state index in [9.17, 15) is 4.79 Å². The lowest BCUT2D eigenvalue weighted by Gasteiger charge is -2.33. The fourth-order valence-electron chi connectivity index (χ4n) is 2.03. The molecule has 1 rings (SSSR count). The first-order valence-corrected chi connectivity index (χ1v) is 6.96. The fraction of sp³-hybridized carbons (Fsp3) is 0.929. The third-order valence-electron chi connectivity index (χ3n) is 3.90. The monoisotopic (exact) mass is 256 g/mol. The first-order valence-electron chi connectivity index (χ1n) is 6.96. The average Bonchev–Trinajstić information content (AvgIpc) is 2.29. The molecule has 106 valence electrons. The SMILES string of the molecule is CCC(C)(C)NC(=O)CNCC1(C)CCOCC1. The van der Waals surface area contributed by atoms with Crippen molar-refractivity contribution < 1.29 is 9.53 Å². The van der Waals surface area contributed by atoms with Crippen molar-refractivity contribution in [3.63, 3.8) is 0 Å². The third-order valence-corrected chi connectivity index (χ3v) is 3.90. The van der Waals surface area contributed by atoms with Crippen LogP contribution in [0.4, 0.5) is 0 Å². The molecule has 0 saturated carbocycles. The van der Waals surface area contributed by atoms with Crippen LogP contribution in [-0.4, -0.2) is 37.7 Å². The van der Waals surface area contributed by atoms with Crippen molar-refractivity contribution in [3.8, 4) is 0 Å². The van der Waals surface area contributed by atoms with E-state index >= 15 is 0 Å². The zero-order valence-corrected chi connectivity index (χ0v) is 12.3. The van der Waals surface area contributed by atoms with Crippen molar-refractivity contribution >= 4 is 5.91 Å². The second-order valence-corrected chi connectivity index (χ2v) is 6.31. The van der Waals surface area contributed by atoms with Crippen LogP contribution in [0.1, 0.15) is 47.0 Å². The maximum atomic E-state index is 11.8. The number of carbonyl (C=O) groups excluding carboxylic acids is 1. The normalized spacial score (nSPS) is 19.6. The van der Waals surface area contributed by atoms with Crippen LogP contribution < -0.4 is 10.6 Å². The number of rotatable bonds is 6. The summed E-state index contributed by atoms with van der Waals surface area (Å²) < 4.78 is 5.37. The van der Waals surface area contributed by atoms with Gasteiger partial charge >= 0.3 is 0 Å². The highest BCUT2D eigenvalue weighted by Crippen LogP contribution is 2.28. The van der Waals surface area contributed by atoms with Crippen molar-refractivity contribution in [1.29, 1.82) is 0 Å². The molecule has 1 saturated heterocycles. The number of nitrogens with one attached hydrogen (secondary N) is 2. The van der Waals surface area contributed by atoms with Gasteiger partial charge in [-0.05, 0) is 38.5 Å². The van der Waals surface area contributed by atoms with Crippen molar-refractivity contribution in [2.45, 2.75) is 52.5 Å². The van der Waals surface area contributed by atoms with Crippen LogP contribution in [0, 0.1) is 5.41 Å². The van der Waals surface area contributed by atoms with E-state index < -0.39 is 0 Å². The smallest absolute Gasteiger partial charge is 0.234 e. The van der Waals surface area contributed by atoms with Crippen LogP contribution in [0.25, 0.3) is 0 Å². The second-order valence-electron chi connectivity index (χ2n) is 6.31. The highest BCUT2D eigenvalue weighted by molar-refractivity contribution is 5.78. The molecule has 4 nitrogen and oxygen atoms in total. The lowest BCUT2D eigenvalue weighted by atomic mass is 9.82. The van der Waals surface area contributed by atoms with Gasteiger partial charge in [-0.1, -0.05) is 13.8 Å². The van der Waals surface area contributed by atoms with Gasteiger partial charge in [0.25, 0.3) is 0 Å². The molecule has 4 heteroatoms. The summed E-state index contributed by atoms with van der Waals surface area (Å²) in [6.07, 6.45) is 3.08. The van der Waals surface area contributed by atoms with Crippen molar-refractivity contribution in [3.05, 3.63) is 0 Å². The van der Waals surface area contributed by atoms with E-state index in [1.807, 2.05) is 13.8 Å². The average molecular weight is 256 g/mol. The molecule has 0 aliphatic carbocycles. The molecule has 0 radical (unpaired) electrons. The molecule has 1 aliphatic heterocycles. The zero-order chi connectivity index (χ0) is 13.6. The predicted molar refractivity (Wildman–Crippen MR) is 73.5 cm³/mol. The second kappa shape index (κ2) is 6.53. The number of amides is 1. The Hall–Kier alpha value is -0.610. The highest BCUT2D eigenvalue weighted by atomic mass is 16.5. The quantitative estimate of drug-likeness (QED) is 0.760. The van der Waals surface area contributed by atoms with E-state index in [1.54, 1.807) is 0 Å². The van der Waals surface area contributed by atoms with E-state index in [-0.39, 0.29) is 16.9 Å². The van der Waals surface area contributed by atoms with Gasteiger partial charge < -0.3 is 15.4 Å². The third kappa shape index (κ3) is 5.36. The fourth-order valence-corrected chi connectivity index (χ4v) is 2.03. The van der Waals surface area contributed by atoms with Gasteiger partial charge in [-0.25, -0.2) is 0 Å². The van der Waals surface area contributed by atoms with Crippen LogP contribution in [0.2, 0.25) is 0 Å². The van der Waals surface area contributed by atoms with Crippen LogP contribution in [0.5, 0.6) is 0 Å².